The van der Waals surface area contributed by atoms with E-state index in [0.717, 1.165) is 19.3 Å². The third-order valence-corrected chi connectivity index (χ3v) is 3.29. The number of rotatable bonds is 2. The van der Waals surface area contributed by atoms with Gasteiger partial charge in [0.1, 0.15) is 5.60 Å². The summed E-state index contributed by atoms with van der Waals surface area (Å²) in [5, 5.41) is 9.07. The number of hydrogen-bond donors (Lipinski definition) is 1. The van der Waals surface area contributed by atoms with Crippen LogP contribution in [0.3, 0.4) is 0 Å². The minimum absolute atomic E-state index is 0.133. The van der Waals surface area contributed by atoms with Crippen LogP contribution in [0.5, 0.6) is 0 Å². The first-order valence-corrected chi connectivity index (χ1v) is 4.62. The normalized spacial score (nSPS) is 45.2. The Morgan fingerprint density at radius 2 is 2.50 bits per heavy atom. The van der Waals surface area contributed by atoms with Crippen LogP contribution in [-0.4, -0.2) is 23.4 Å². The molecule has 0 bridgehead atoms. The van der Waals surface area contributed by atoms with Crippen LogP contribution in [0.15, 0.2) is 12.2 Å². The molecule has 2 aliphatic rings. The number of hydrogen-bond acceptors (Lipinski definition) is 2. The third kappa shape index (κ3) is 1.10. The minimum Gasteiger partial charge on any atom is -0.393 e. The summed E-state index contributed by atoms with van der Waals surface area (Å²) in [4.78, 5) is 0. The highest BCUT2D eigenvalue weighted by Crippen LogP contribution is 2.50. The number of ether oxygens (including phenoxy) is 1. The van der Waals surface area contributed by atoms with Gasteiger partial charge in [-0.15, -0.1) is 0 Å². The lowest BCUT2D eigenvalue weighted by molar-refractivity contribution is 0.160. The molecule has 12 heavy (non-hydrogen) atoms. The van der Waals surface area contributed by atoms with Gasteiger partial charge >= 0.3 is 0 Å². The van der Waals surface area contributed by atoms with Crippen molar-refractivity contribution in [3.63, 3.8) is 0 Å². The predicted octanol–water partition coefficient (Wildman–Crippen LogP) is 1.49. The Balaban J connectivity index is 1.96. The molecule has 1 N–H and O–H groups in total. The fourth-order valence-electron chi connectivity index (χ4n) is 2.19. The van der Waals surface area contributed by atoms with Gasteiger partial charge in [-0.3, -0.25) is 0 Å². The molecule has 1 heterocycles. The van der Waals surface area contributed by atoms with E-state index in [1.165, 1.54) is 5.57 Å². The van der Waals surface area contributed by atoms with Crippen molar-refractivity contribution in [2.75, 3.05) is 6.61 Å². The summed E-state index contributed by atoms with van der Waals surface area (Å²) in [6.45, 7) is 6.24. The minimum atomic E-state index is -0.133. The molecule has 1 saturated carbocycles. The molecule has 1 aliphatic heterocycles. The van der Waals surface area contributed by atoms with E-state index in [9.17, 15) is 0 Å². The van der Waals surface area contributed by atoms with E-state index in [0.29, 0.717) is 12.0 Å². The molecule has 2 heteroatoms. The first-order valence-electron chi connectivity index (χ1n) is 4.62. The van der Waals surface area contributed by atoms with Crippen LogP contribution < -0.4 is 0 Å². The SMILES string of the molecule is C=C(C)[C@@H]1CC[C@]2(CO)O[C@@H]2C1. The summed E-state index contributed by atoms with van der Waals surface area (Å²) in [6.07, 6.45) is 3.52. The van der Waals surface area contributed by atoms with Crippen molar-refractivity contribution >= 4 is 0 Å². The van der Waals surface area contributed by atoms with Gasteiger partial charge in [-0.1, -0.05) is 12.2 Å². The largest absolute Gasteiger partial charge is 0.393 e. The Bertz CT molecular complexity index is 212. The molecule has 0 aromatic heterocycles. The summed E-state index contributed by atoms with van der Waals surface area (Å²) >= 11 is 0. The fourth-order valence-corrected chi connectivity index (χ4v) is 2.19. The highest BCUT2D eigenvalue weighted by molar-refractivity contribution is 5.11. The maximum Gasteiger partial charge on any atom is 0.118 e. The Morgan fingerprint density at radius 1 is 1.75 bits per heavy atom. The predicted molar refractivity (Wildman–Crippen MR) is 46.8 cm³/mol. The molecule has 0 amide bonds. The number of allylic oxidation sites excluding steroid dienone is 1. The molecule has 0 radical (unpaired) electrons. The van der Waals surface area contributed by atoms with Crippen LogP contribution in [0.2, 0.25) is 0 Å². The quantitative estimate of drug-likeness (QED) is 0.500. The Labute approximate surface area is 73.2 Å². The zero-order valence-electron chi connectivity index (χ0n) is 7.55. The summed E-state index contributed by atoms with van der Waals surface area (Å²) in [6, 6.07) is 0. The fraction of sp³-hybridized carbons (Fsp3) is 0.800. The monoisotopic (exact) mass is 168 g/mol. The van der Waals surface area contributed by atoms with Gasteiger partial charge in [-0.2, -0.15) is 0 Å². The Hall–Kier alpha value is -0.340. The maximum atomic E-state index is 9.07. The molecule has 2 nitrogen and oxygen atoms in total. The topological polar surface area (TPSA) is 32.8 Å². The van der Waals surface area contributed by atoms with Crippen molar-refractivity contribution in [3.8, 4) is 0 Å². The molecule has 1 aliphatic carbocycles. The zero-order chi connectivity index (χ0) is 8.77. The number of aliphatic hydroxyl groups excluding tert-OH is 1. The molecule has 0 spiro atoms. The van der Waals surface area contributed by atoms with Crippen molar-refractivity contribution in [1.29, 1.82) is 0 Å². The highest BCUT2D eigenvalue weighted by Gasteiger charge is 2.58. The van der Waals surface area contributed by atoms with E-state index >= 15 is 0 Å². The molecule has 0 aromatic rings. The van der Waals surface area contributed by atoms with Crippen molar-refractivity contribution in [2.24, 2.45) is 5.92 Å². The molecule has 68 valence electrons. The van der Waals surface area contributed by atoms with Gasteiger partial charge in [0.15, 0.2) is 0 Å². The molecule has 2 rings (SSSR count). The lowest BCUT2D eigenvalue weighted by Gasteiger charge is -2.23. The van der Waals surface area contributed by atoms with Crippen LogP contribution in [0, 0.1) is 5.92 Å². The van der Waals surface area contributed by atoms with Crippen molar-refractivity contribution in [3.05, 3.63) is 12.2 Å². The maximum absolute atomic E-state index is 9.07. The van der Waals surface area contributed by atoms with Crippen LogP contribution in [0.4, 0.5) is 0 Å². The smallest absolute Gasteiger partial charge is 0.118 e. The molecule has 0 unspecified atom stereocenters. The first kappa shape index (κ1) is 8.27. The van der Waals surface area contributed by atoms with Gasteiger partial charge in [0.25, 0.3) is 0 Å². The van der Waals surface area contributed by atoms with Crippen LogP contribution in [0.1, 0.15) is 26.2 Å². The number of aliphatic hydroxyl groups is 1. The van der Waals surface area contributed by atoms with Gasteiger partial charge in [0.2, 0.25) is 0 Å². The van der Waals surface area contributed by atoms with Crippen LogP contribution in [-0.2, 0) is 4.74 Å². The van der Waals surface area contributed by atoms with E-state index < -0.39 is 0 Å². The number of epoxide rings is 1. The highest BCUT2D eigenvalue weighted by atomic mass is 16.6. The van der Waals surface area contributed by atoms with E-state index in [1.807, 2.05) is 0 Å². The molecule has 2 fully saturated rings. The summed E-state index contributed by atoms with van der Waals surface area (Å²) < 4.78 is 5.50. The Morgan fingerprint density at radius 3 is 3.00 bits per heavy atom. The Kier molecular flexibility index (Phi) is 1.77. The van der Waals surface area contributed by atoms with Crippen LogP contribution in [0.25, 0.3) is 0 Å². The first-order chi connectivity index (χ1) is 5.68. The summed E-state index contributed by atoms with van der Waals surface area (Å²) in [7, 11) is 0. The van der Waals surface area contributed by atoms with Gasteiger partial charge in [0, 0.05) is 0 Å². The molecule has 1 saturated heterocycles. The van der Waals surface area contributed by atoms with E-state index in [4.69, 9.17) is 9.84 Å². The van der Waals surface area contributed by atoms with Crippen molar-refractivity contribution < 1.29 is 9.84 Å². The second kappa shape index (κ2) is 2.57. The molecular weight excluding hydrogens is 152 g/mol. The zero-order valence-corrected chi connectivity index (χ0v) is 7.55. The van der Waals surface area contributed by atoms with E-state index in [-0.39, 0.29) is 12.2 Å². The average molecular weight is 168 g/mol. The molecular formula is C10H16O2. The van der Waals surface area contributed by atoms with Gasteiger partial charge in [-0.05, 0) is 32.1 Å². The summed E-state index contributed by atoms with van der Waals surface area (Å²) in [5.41, 5.74) is 1.13. The van der Waals surface area contributed by atoms with E-state index in [2.05, 4.69) is 13.5 Å². The summed E-state index contributed by atoms with van der Waals surface area (Å²) in [5.74, 6) is 0.622. The van der Waals surface area contributed by atoms with Crippen molar-refractivity contribution in [2.45, 2.75) is 37.9 Å². The lowest BCUT2D eigenvalue weighted by atomic mass is 9.79. The van der Waals surface area contributed by atoms with Crippen molar-refractivity contribution in [1.82, 2.24) is 0 Å². The lowest BCUT2D eigenvalue weighted by Crippen LogP contribution is -2.27. The third-order valence-electron chi connectivity index (χ3n) is 3.29. The second-order valence-corrected chi connectivity index (χ2v) is 4.15. The van der Waals surface area contributed by atoms with Crippen LogP contribution >= 0.6 is 0 Å². The molecule has 0 aromatic carbocycles. The average Bonchev–Trinajstić information content (AvgIpc) is 2.77. The van der Waals surface area contributed by atoms with Gasteiger partial charge in [0.05, 0.1) is 12.7 Å². The van der Waals surface area contributed by atoms with Gasteiger partial charge in [-0.25, -0.2) is 0 Å². The van der Waals surface area contributed by atoms with E-state index in [1.54, 1.807) is 0 Å². The van der Waals surface area contributed by atoms with Gasteiger partial charge < -0.3 is 9.84 Å². The standard InChI is InChI=1S/C10H16O2/c1-7(2)8-3-4-10(6-11)9(5-8)12-10/h8-9,11H,1,3-6H2,2H3/t8-,9-,10-/m1/s1. The number of fused-ring (bicyclic) bond motifs is 1. The molecule has 3 atom stereocenters. The second-order valence-electron chi connectivity index (χ2n) is 4.15.